The monoisotopic (exact) mass is 329 g/mol. The van der Waals surface area contributed by atoms with Gasteiger partial charge < -0.3 is 10.6 Å². The summed E-state index contributed by atoms with van der Waals surface area (Å²) in [5, 5.41) is 0. The first-order chi connectivity index (χ1) is 11.2. The van der Waals surface area contributed by atoms with Gasteiger partial charge in [0.1, 0.15) is 0 Å². The minimum atomic E-state index is 0.761. The van der Waals surface area contributed by atoms with Gasteiger partial charge in [-0.15, -0.1) is 12.3 Å². The molecule has 23 heavy (non-hydrogen) atoms. The highest BCUT2D eigenvalue weighted by atomic mass is 32.2. The second-order valence-corrected chi connectivity index (χ2v) is 7.88. The maximum atomic E-state index is 5.75. The highest BCUT2D eigenvalue weighted by Gasteiger charge is 2.28. The number of benzene rings is 1. The highest BCUT2D eigenvalue weighted by Crippen LogP contribution is 2.30. The smallest absolute Gasteiger partial charge is 0.0314 e. The third kappa shape index (κ3) is 4.67. The van der Waals surface area contributed by atoms with E-state index in [1.165, 1.54) is 56.8 Å². The molecule has 0 radical (unpaired) electrons. The number of piperidine rings is 2. The van der Waals surface area contributed by atoms with Crippen LogP contribution in [0.4, 0.5) is 5.69 Å². The van der Waals surface area contributed by atoms with Crippen molar-refractivity contribution in [2.45, 2.75) is 43.0 Å². The van der Waals surface area contributed by atoms with Crippen molar-refractivity contribution < 1.29 is 0 Å². The van der Waals surface area contributed by atoms with E-state index in [0.717, 1.165) is 24.1 Å². The van der Waals surface area contributed by atoms with Crippen molar-refractivity contribution in [3.63, 3.8) is 0 Å². The lowest BCUT2D eigenvalue weighted by Crippen LogP contribution is -2.46. The van der Waals surface area contributed by atoms with Gasteiger partial charge in [0.15, 0.2) is 0 Å². The van der Waals surface area contributed by atoms with Crippen LogP contribution in [0.25, 0.3) is 0 Å². The zero-order chi connectivity index (χ0) is 16.1. The van der Waals surface area contributed by atoms with Crippen molar-refractivity contribution in [3.05, 3.63) is 24.3 Å². The van der Waals surface area contributed by atoms with Crippen LogP contribution in [0.1, 0.15) is 32.1 Å². The molecule has 0 unspecified atom stereocenters. The van der Waals surface area contributed by atoms with E-state index in [0.29, 0.717) is 0 Å². The number of likely N-dealkylation sites (tertiary alicyclic amines) is 1. The summed E-state index contributed by atoms with van der Waals surface area (Å²) in [6, 6.07) is 8.96. The lowest BCUT2D eigenvalue weighted by Gasteiger charge is -2.41. The lowest BCUT2D eigenvalue weighted by atomic mass is 9.92. The Labute approximate surface area is 144 Å². The molecule has 0 atom stereocenters. The molecule has 2 heterocycles. The normalized spacial score (nSPS) is 22.0. The van der Waals surface area contributed by atoms with E-state index in [2.05, 4.69) is 27.3 Å². The molecule has 0 bridgehead atoms. The van der Waals surface area contributed by atoms with E-state index in [1.54, 1.807) is 0 Å². The van der Waals surface area contributed by atoms with Crippen LogP contribution in [-0.2, 0) is 0 Å². The summed E-state index contributed by atoms with van der Waals surface area (Å²) in [6.45, 7) is 4.82. The van der Waals surface area contributed by atoms with E-state index < -0.39 is 0 Å². The molecular weight excluding hydrogens is 302 g/mol. The Kier molecular flexibility index (Phi) is 5.88. The van der Waals surface area contributed by atoms with Crippen LogP contribution in [0.3, 0.4) is 0 Å². The van der Waals surface area contributed by atoms with E-state index in [9.17, 15) is 0 Å². The fraction of sp³-hybridized carbons (Fsp3) is 0.579. The molecule has 3 rings (SSSR count). The molecule has 0 amide bonds. The van der Waals surface area contributed by atoms with Crippen LogP contribution >= 0.6 is 11.9 Å². The van der Waals surface area contributed by atoms with Gasteiger partial charge >= 0.3 is 0 Å². The van der Waals surface area contributed by atoms with Crippen molar-refractivity contribution in [2.24, 2.45) is 5.92 Å². The first-order valence-corrected chi connectivity index (χ1v) is 9.48. The first kappa shape index (κ1) is 16.7. The minimum absolute atomic E-state index is 0.761. The Morgan fingerprint density at radius 2 is 1.70 bits per heavy atom. The summed E-state index contributed by atoms with van der Waals surface area (Å²) in [5.41, 5.74) is 6.58. The summed E-state index contributed by atoms with van der Waals surface area (Å²) in [6.07, 6.45) is 11.5. The maximum Gasteiger partial charge on any atom is 0.0314 e. The lowest BCUT2D eigenvalue weighted by molar-refractivity contribution is 0.1000. The zero-order valence-corrected chi connectivity index (χ0v) is 14.6. The van der Waals surface area contributed by atoms with Crippen molar-refractivity contribution in [1.82, 2.24) is 9.21 Å². The SMILES string of the molecule is C#CCC1CCN(C2CCN(Sc3ccc(N)cc3)CC2)CC1. The van der Waals surface area contributed by atoms with E-state index in [-0.39, 0.29) is 0 Å². The zero-order valence-electron chi connectivity index (χ0n) is 13.8. The molecule has 2 N–H and O–H groups in total. The van der Waals surface area contributed by atoms with Crippen molar-refractivity contribution >= 4 is 17.6 Å². The Morgan fingerprint density at radius 3 is 2.30 bits per heavy atom. The van der Waals surface area contributed by atoms with E-state index in [1.807, 2.05) is 24.1 Å². The molecule has 0 aromatic heterocycles. The van der Waals surface area contributed by atoms with Gasteiger partial charge in [0.05, 0.1) is 0 Å². The molecule has 1 aromatic carbocycles. The standard InChI is InChI=1S/C19H27N3S/c1-2-3-16-8-12-21(13-9-16)18-10-14-22(15-11-18)23-19-6-4-17(20)5-7-19/h1,4-7,16,18H,3,8-15,20H2. The average molecular weight is 330 g/mol. The van der Waals surface area contributed by atoms with Crippen LogP contribution in [0.15, 0.2) is 29.2 Å². The number of hydrogen-bond donors (Lipinski definition) is 1. The topological polar surface area (TPSA) is 32.5 Å². The Bertz CT molecular complexity index is 521. The van der Waals surface area contributed by atoms with Crippen LogP contribution in [0.2, 0.25) is 0 Å². The largest absolute Gasteiger partial charge is 0.399 e. The fourth-order valence-corrected chi connectivity index (χ4v) is 4.61. The molecule has 3 nitrogen and oxygen atoms in total. The van der Waals surface area contributed by atoms with Gasteiger partial charge in [-0.3, -0.25) is 0 Å². The Balaban J connectivity index is 1.42. The van der Waals surface area contributed by atoms with Gasteiger partial charge in [0.2, 0.25) is 0 Å². The van der Waals surface area contributed by atoms with E-state index >= 15 is 0 Å². The second-order valence-electron chi connectivity index (χ2n) is 6.71. The Hall–Kier alpha value is -1.15. The average Bonchev–Trinajstić information content (AvgIpc) is 2.59. The van der Waals surface area contributed by atoms with Crippen LogP contribution in [0, 0.1) is 18.3 Å². The maximum absolute atomic E-state index is 5.75. The second kappa shape index (κ2) is 8.10. The molecular formula is C19H27N3S. The summed E-state index contributed by atoms with van der Waals surface area (Å²) >= 11 is 1.87. The summed E-state index contributed by atoms with van der Waals surface area (Å²) in [5.74, 6) is 3.59. The molecule has 2 saturated heterocycles. The van der Waals surface area contributed by atoms with Crippen LogP contribution in [-0.4, -0.2) is 41.4 Å². The molecule has 2 aliphatic rings. The van der Waals surface area contributed by atoms with Gasteiger partial charge in [-0.05, 0) is 80.9 Å². The van der Waals surface area contributed by atoms with Gasteiger partial charge in [0.25, 0.3) is 0 Å². The fourth-order valence-electron chi connectivity index (χ4n) is 3.67. The molecule has 4 heteroatoms. The van der Waals surface area contributed by atoms with Crippen molar-refractivity contribution in [2.75, 3.05) is 31.9 Å². The summed E-state index contributed by atoms with van der Waals surface area (Å²) < 4.78 is 2.49. The van der Waals surface area contributed by atoms with Crippen molar-refractivity contribution in [3.8, 4) is 12.3 Å². The molecule has 2 fully saturated rings. The number of anilines is 1. The summed E-state index contributed by atoms with van der Waals surface area (Å²) in [4.78, 5) is 3.99. The molecule has 0 aliphatic carbocycles. The van der Waals surface area contributed by atoms with E-state index in [4.69, 9.17) is 12.2 Å². The number of nitrogen functional groups attached to an aromatic ring is 1. The molecule has 0 saturated carbocycles. The number of nitrogens with zero attached hydrogens (tertiary/aromatic N) is 2. The number of nitrogens with two attached hydrogens (primary N) is 1. The molecule has 2 aliphatic heterocycles. The molecule has 0 spiro atoms. The number of hydrogen-bond acceptors (Lipinski definition) is 4. The number of rotatable bonds is 4. The quantitative estimate of drug-likeness (QED) is 0.521. The third-order valence-electron chi connectivity index (χ3n) is 5.11. The summed E-state index contributed by atoms with van der Waals surface area (Å²) in [7, 11) is 0. The predicted molar refractivity (Wildman–Crippen MR) is 99.1 cm³/mol. The van der Waals surface area contributed by atoms with Crippen LogP contribution in [0.5, 0.6) is 0 Å². The highest BCUT2D eigenvalue weighted by molar-refractivity contribution is 7.97. The van der Waals surface area contributed by atoms with Crippen molar-refractivity contribution in [1.29, 1.82) is 0 Å². The van der Waals surface area contributed by atoms with Gasteiger partial charge in [-0.1, -0.05) is 0 Å². The third-order valence-corrected chi connectivity index (χ3v) is 6.22. The first-order valence-electron chi connectivity index (χ1n) is 8.70. The number of terminal acetylenes is 1. The van der Waals surface area contributed by atoms with Crippen LogP contribution < -0.4 is 5.73 Å². The van der Waals surface area contributed by atoms with Gasteiger partial charge in [-0.2, -0.15) is 0 Å². The predicted octanol–water partition coefficient (Wildman–Crippen LogP) is 3.48. The van der Waals surface area contributed by atoms with Gasteiger partial charge in [-0.25, -0.2) is 4.31 Å². The molecule has 1 aromatic rings. The Morgan fingerprint density at radius 1 is 1.04 bits per heavy atom. The molecule has 124 valence electrons. The minimum Gasteiger partial charge on any atom is -0.399 e. The van der Waals surface area contributed by atoms with Gasteiger partial charge in [0, 0.05) is 36.1 Å².